The van der Waals surface area contributed by atoms with Crippen LogP contribution in [0, 0.1) is 0 Å². The first-order chi connectivity index (χ1) is 9.81. The van der Waals surface area contributed by atoms with Crippen LogP contribution >= 0.6 is 11.3 Å². The number of carbonyl (C=O) groups is 1. The van der Waals surface area contributed by atoms with Crippen molar-refractivity contribution in [3.63, 3.8) is 0 Å². The van der Waals surface area contributed by atoms with Crippen LogP contribution in [0.2, 0.25) is 0 Å². The average molecular weight is 313 g/mol. The largest absolute Gasteiger partial charge is 0.444 e. The fourth-order valence-corrected chi connectivity index (χ4v) is 2.63. The highest BCUT2D eigenvalue weighted by Crippen LogP contribution is 2.18. The van der Waals surface area contributed by atoms with E-state index in [1.807, 2.05) is 32.2 Å². The molecule has 0 saturated heterocycles. The lowest BCUT2D eigenvalue weighted by atomic mass is 10.1. The summed E-state index contributed by atoms with van der Waals surface area (Å²) in [6.45, 7) is 8.97. The molecule has 1 heterocycles. The molecule has 0 fully saturated rings. The van der Waals surface area contributed by atoms with Crippen molar-refractivity contribution < 1.29 is 9.53 Å². The van der Waals surface area contributed by atoms with Crippen molar-refractivity contribution in [2.24, 2.45) is 0 Å². The van der Waals surface area contributed by atoms with Gasteiger partial charge in [-0.25, -0.2) is 4.79 Å². The molecule has 0 bridgehead atoms. The lowest BCUT2D eigenvalue weighted by molar-refractivity contribution is 0.0521. The summed E-state index contributed by atoms with van der Waals surface area (Å²) in [5, 5.41) is 8.25. The Hall–Kier alpha value is -1.27. The van der Waals surface area contributed by atoms with Gasteiger partial charge in [0.25, 0.3) is 0 Å². The number of nitrogen functional groups attached to an aromatic ring is 1. The molecule has 0 spiro atoms. The quantitative estimate of drug-likeness (QED) is 0.723. The van der Waals surface area contributed by atoms with E-state index in [4.69, 9.17) is 10.5 Å². The Morgan fingerprint density at radius 1 is 1.48 bits per heavy atom. The molecular formula is C15H27N3O2S. The molecule has 5 nitrogen and oxygen atoms in total. The first-order valence-corrected chi connectivity index (χ1v) is 8.22. The number of ether oxygens (including phenoxy) is 1. The molecule has 1 amide bonds. The minimum absolute atomic E-state index is 0.212. The highest BCUT2D eigenvalue weighted by molar-refractivity contribution is 7.10. The maximum absolute atomic E-state index is 11.7. The smallest absolute Gasteiger partial charge is 0.407 e. The van der Waals surface area contributed by atoms with Gasteiger partial charge in [-0.1, -0.05) is 13.3 Å². The van der Waals surface area contributed by atoms with Crippen molar-refractivity contribution in [2.45, 2.75) is 58.7 Å². The third-order valence-electron chi connectivity index (χ3n) is 2.86. The van der Waals surface area contributed by atoms with Gasteiger partial charge < -0.3 is 21.1 Å². The molecule has 1 unspecified atom stereocenters. The van der Waals surface area contributed by atoms with E-state index in [-0.39, 0.29) is 12.1 Å². The van der Waals surface area contributed by atoms with Crippen LogP contribution in [0.3, 0.4) is 0 Å². The molecule has 0 saturated carbocycles. The lowest BCUT2D eigenvalue weighted by Crippen LogP contribution is -2.42. The fourth-order valence-electron chi connectivity index (χ4n) is 1.88. The summed E-state index contributed by atoms with van der Waals surface area (Å²) in [5.74, 6) is 0. The van der Waals surface area contributed by atoms with Gasteiger partial charge in [-0.05, 0) is 38.6 Å². The number of thiophene rings is 1. The molecular weight excluding hydrogens is 286 g/mol. The number of rotatable bonds is 7. The van der Waals surface area contributed by atoms with Gasteiger partial charge in [0.2, 0.25) is 0 Å². The topological polar surface area (TPSA) is 76.4 Å². The van der Waals surface area contributed by atoms with Crippen molar-refractivity contribution in [1.29, 1.82) is 0 Å². The molecule has 1 aromatic rings. The average Bonchev–Trinajstić information content (AvgIpc) is 2.76. The van der Waals surface area contributed by atoms with Gasteiger partial charge in [0.05, 0.1) is 0 Å². The highest BCUT2D eigenvalue weighted by Gasteiger charge is 2.17. The van der Waals surface area contributed by atoms with Gasteiger partial charge in [0.15, 0.2) is 0 Å². The molecule has 0 aliphatic rings. The van der Waals surface area contributed by atoms with Gasteiger partial charge in [-0.2, -0.15) is 0 Å². The van der Waals surface area contributed by atoms with Gasteiger partial charge in [-0.15, -0.1) is 11.3 Å². The molecule has 1 aromatic heterocycles. The summed E-state index contributed by atoms with van der Waals surface area (Å²) >= 11 is 1.64. The molecule has 0 aliphatic heterocycles. The molecule has 1 atom stereocenters. The summed E-state index contributed by atoms with van der Waals surface area (Å²) in [6.07, 6.45) is 1.66. The molecule has 0 radical (unpaired) electrons. The molecule has 0 aromatic carbocycles. The van der Waals surface area contributed by atoms with Crippen LogP contribution in [0.1, 0.15) is 45.4 Å². The number of alkyl carbamates (subject to hydrolysis) is 1. The number of hydrogen-bond acceptors (Lipinski definition) is 5. The van der Waals surface area contributed by atoms with Crippen LogP contribution in [-0.4, -0.2) is 24.3 Å². The Labute approximate surface area is 131 Å². The third kappa shape index (κ3) is 7.34. The first-order valence-electron chi connectivity index (χ1n) is 7.34. The molecule has 6 heteroatoms. The normalized spacial score (nSPS) is 13.0. The van der Waals surface area contributed by atoms with E-state index in [9.17, 15) is 4.79 Å². The predicted molar refractivity (Wildman–Crippen MR) is 88.5 cm³/mol. The summed E-state index contributed by atoms with van der Waals surface area (Å²) in [5.41, 5.74) is 6.23. The Kier molecular flexibility index (Phi) is 6.98. The van der Waals surface area contributed by atoms with E-state index in [0.717, 1.165) is 30.0 Å². The molecule has 1 rings (SSSR count). The van der Waals surface area contributed by atoms with Crippen LogP contribution in [0.4, 0.5) is 10.5 Å². The number of anilines is 1. The lowest BCUT2D eigenvalue weighted by Gasteiger charge is -2.22. The first kappa shape index (κ1) is 17.8. The van der Waals surface area contributed by atoms with Gasteiger partial charge in [0.1, 0.15) is 5.60 Å². The third-order valence-corrected chi connectivity index (χ3v) is 3.80. The highest BCUT2D eigenvalue weighted by atomic mass is 32.1. The summed E-state index contributed by atoms with van der Waals surface area (Å²) in [7, 11) is 0. The molecule has 120 valence electrons. The Bertz CT molecular complexity index is 440. The summed E-state index contributed by atoms with van der Waals surface area (Å²) in [4.78, 5) is 12.8. The summed E-state index contributed by atoms with van der Waals surface area (Å²) < 4.78 is 5.24. The van der Waals surface area contributed by atoms with Crippen LogP contribution in [0.5, 0.6) is 0 Å². The van der Waals surface area contributed by atoms with Gasteiger partial charge in [0, 0.05) is 29.7 Å². The fraction of sp³-hybridized carbons (Fsp3) is 0.667. The Morgan fingerprint density at radius 2 is 2.19 bits per heavy atom. The second-order valence-electron chi connectivity index (χ2n) is 6.05. The van der Waals surface area contributed by atoms with E-state index < -0.39 is 5.60 Å². The van der Waals surface area contributed by atoms with Gasteiger partial charge >= 0.3 is 6.09 Å². The van der Waals surface area contributed by atoms with E-state index in [0.29, 0.717) is 6.54 Å². The molecule has 4 N–H and O–H groups in total. The van der Waals surface area contributed by atoms with Crippen molar-refractivity contribution in [3.05, 3.63) is 16.3 Å². The van der Waals surface area contributed by atoms with Crippen LogP contribution in [-0.2, 0) is 11.3 Å². The second kappa shape index (κ2) is 8.24. The number of amides is 1. The minimum Gasteiger partial charge on any atom is -0.444 e. The van der Waals surface area contributed by atoms with E-state index in [1.54, 1.807) is 11.3 Å². The standard InChI is InChI=1S/C15H27N3O2S/c1-5-6-11(9-18-14(19)20-15(2,3)4)17-10-13-12(16)7-8-21-13/h7-8,11,17H,5-6,9-10,16H2,1-4H3,(H,18,19). The van der Waals surface area contributed by atoms with Crippen molar-refractivity contribution in [1.82, 2.24) is 10.6 Å². The zero-order chi connectivity index (χ0) is 15.9. The molecule has 0 aliphatic carbocycles. The van der Waals surface area contributed by atoms with Gasteiger partial charge in [-0.3, -0.25) is 0 Å². The van der Waals surface area contributed by atoms with Crippen LogP contribution < -0.4 is 16.4 Å². The Balaban J connectivity index is 2.39. The minimum atomic E-state index is -0.469. The Morgan fingerprint density at radius 3 is 2.71 bits per heavy atom. The van der Waals surface area contributed by atoms with Crippen LogP contribution in [0.25, 0.3) is 0 Å². The van der Waals surface area contributed by atoms with Crippen LogP contribution in [0.15, 0.2) is 11.4 Å². The SMILES string of the molecule is CCCC(CNC(=O)OC(C)(C)C)NCc1sccc1N. The number of carbonyl (C=O) groups excluding carboxylic acids is 1. The second-order valence-corrected chi connectivity index (χ2v) is 7.05. The maximum Gasteiger partial charge on any atom is 0.407 e. The van der Waals surface area contributed by atoms with Crippen molar-refractivity contribution in [2.75, 3.05) is 12.3 Å². The number of hydrogen-bond donors (Lipinski definition) is 3. The van der Waals surface area contributed by atoms with Crippen molar-refractivity contribution in [3.8, 4) is 0 Å². The predicted octanol–water partition coefficient (Wildman–Crippen LogP) is 3.11. The number of nitrogens with one attached hydrogen (secondary N) is 2. The summed E-state index contributed by atoms with van der Waals surface area (Å²) in [6, 6.07) is 2.12. The zero-order valence-electron chi connectivity index (χ0n) is 13.4. The number of nitrogens with two attached hydrogens (primary N) is 1. The zero-order valence-corrected chi connectivity index (χ0v) is 14.2. The van der Waals surface area contributed by atoms with E-state index in [1.165, 1.54) is 0 Å². The van der Waals surface area contributed by atoms with E-state index in [2.05, 4.69) is 17.6 Å². The molecule has 21 heavy (non-hydrogen) atoms. The van der Waals surface area contributed by atoms with Crippen molar-refractivity contribution >= 4 is 23.1 Å². The monoisotopic (exact) mass is 313 g/mol. The maximum atomic E-state index is 11.7. The van der Waals surface area contributed by atoms with E-state index >= 15 is 0 Å².